The van der Waals surface area contributed by atoms with E-state index in [0.717, 1.165) is 6.20 Å². The van der Waals surface area contributed by atoms with Crippen LogP contribution >= 0.6 is 11.6 Å². The third-order valence-corrected chi connectivity index (χ3v) is 3.52. The molecule has 0 spiro atoms. The van der Waals surface area contributed by atoms with Crippen molar-refractivity contribution in [3.8, 4) is 17.5 Å². The number of aromatic nitrogens is 4. The zero-order valence-electron chi connectivity index (χ0n) is 12.5. The van der Waals surface area contributed by atoms with Crippen LogP contribution in [0.3, 0.4) is 0 Å². The minimum absolute atomic E-state index is 0.00438. The quantitative estimate of drug-likeness (QED) is 0.707. The van der Waals surface area contributed by atoms with Crippen molar-refractivity contribution in [1.29, 1.82) is 5.26 Å². The van der Waals surface area contributed by atoms with Gasteiger partial charge in [0.1, 0.15) is 11.6 Å². The Balaban J connectivity index is 2.04. The first-order valence-corrected chi connectivity index (χ1v) is 7.36. The Bertz CT molecular complexity index is 924. The first-order chi connectivity index (χ1) is 11.9. The molecular weight excluding hydrogens is 355 g/mol. The van der Waals surface area contributed by atoms with Crippen LogP contribution in [0.1, 0.15) is 17.1 Å². The molecule has 5 nitrogen and oxygen atoms in total. The van der Waals surface area contributed by atoms with Gasteiger partial charge in [-0.2, -0.15) is 18.4 Å². The van der Waals surface area contributed by atoms with Crippen LogP contribution < -0.4 is 0 Å². The van der Waals surface area contributed by atoms with Gasteiger partial charge in [0.15, 0.2) is 5.69 Å². The number of hydrogen-bond donors (Lipinski definition) is 0. The first kappa shape index (κ1) is 16.9. The molecule has 0 bridgehead atoms. The maximum absolute atomic E-state index is 13.0. The van der Waals surface area contributed by atoms with Crippen LogP contribution in [0.2, 0.25) is 5.02 Å². The standard InChI is InChI=1S/C16H9ClF3N5/c17-12-6-22-14(23-7-12)9-25-8-13(16(18,19)20)24-15(25)11-3-1-10(5-21)2-4-11/h1-4,6-8H,9H2. The van der Waals surface area contributed by atoms with Crippen molar-refractivity contribution < 1.29 is 13.2 Å². The Kier molecular flexibility index (Phi) is 4.42. The van der Waals surface area contributed by atoms with Gasteiger partial charge in [-0.3, -0.25) is 0 Å². The molecule has 0 atom stereocenters. The van der Waals surface area contributed by atoms with Crippen molar-refractivity contribution in [3.05, 3.63) is 65.0 Å². The van der Waals surface area contributed by atoms with E-state index in [4.69, 9.17) is 16.9 Å². The molecule has 3 rings (SSSR count). The van der Waals surface area contributed by atoms with Crippen LogP contribution in [0, 0.1) is 11.3 Å². The van der Waals surface area contributed by atoms with Gasteiger partial charge in [-0.15, -0.1) is 0 Å². The molecule has 0 aliphatic heterocycles. The molecule has 0 saturated carbocycles. The topological polar surface area (TPSA) is 67.4 Å². The van der Waals surface area contributed by atoms with Gasteiger partial charge < -0.3 is 4.57 Å². The van der Waals surface area contributed by atoms with Gasteiger partial charge in [-0.1, -0.05) is 11.6 Å². The normalized spacial score (nSPS) is 11.3. The van der Waals surface area contributed by atoms with E-state index in [2.05, 4.69) is 15.0 Å². The number of benzene rings is 1. The fourth-order valence-corrected chi connectivity index (χ4v) is 2.27. The molecule has 0 radical (unpaired) electrons. The molecule has 2 heterocycles. The van der Waals surface area contributed by atoms with Gasteiger partial charge in [-0.25, -0.2) is 15.0 Å². The third-order valence-electron chi connectivity index (χ3n) is 3.32. The molecule has 25 heavy (non-hydrogen) atoms. The van der Waals surface area contributed by atoms with Gasteiger partial charge in [0.05, 0.1) is 23.2 Å². The highest BCUT2D eigenvalue weighted by Gasteiger charge is 2.35. The predicted molar refractivity (Wildman–Crippen MR) is 83.5 cm³/mol. The molecule has 0 fully saturated rings. The number of nitrogens with zero attached hydrogens (tertiary/aromatic N) is 5. The third kappa shape index (κ3) is 3.78. The minimum Gasteiger partial charge on any atom is -0.323 e. The smallest absolute Gasteiger partial charge is 0.323 e. The highest BCUT2D eigenvalue weighted by atomic mass is 35.5. The molecule has 0 unspecified atom stereocenters. The fourth-order valence-electron chi connectivity index (χ4n) is 2.17. The second-order valence-electron chi connectivity index (χ2n) is 5.08. The number of hydrogen-bond acceptors (Lipinski definition) is 4. The SMILES string of the molecule is N#Cc1ccc(-c2nc(C(F)(F)F)cn2Cc2ncc(Cl)cn2)cc1. The number of alkyl halides is 3. The lowest BCUT2D eigenvalue weighted by Gasteiger charge is -2.07. The molecule has 2 aromatic heterocycles. The lowest BCUT2D eigenvalue weighted by Crippen LogP contribution is -2.06. The summed E-state index contributed by atoms with van der Waals surface area (Å²) in [5.74, 6) is 0.404. The lowest BCUT2D eigenvalue weighted by molar-refractivity contribution is -0.140. The Morgan fingerprint density at radius 3 is 2.32 bits per heavy atom. The first-order valence-electron chi connectivity index (χ1n) is 6.98. The summed E-state index contributed by atoms with van der Waals surface area (Å²) in [5, 5.41) is 9.17. The summed E-state index contributed by atoms with van der Waals surface area (Å²) >= 11 is 5.72. The van der Waals surface area contributed by atoms with Crippen LogP contribution in [-0.4, -0.2) is 19.5 Å². The van der Waals surface area contributed by atoms with E-state index < -0.39 is 11.9 Å². The van der Waals surface area contributed by atoms with E-state index >= 15 is 0 Å². The van der Waals surface area contributed by atoms with E-state index in [-0.39, 0.29) is 12.4 Å². The Morgan fingerprint density at radius 2 is 1.76 bits per heavy atom. The van der Waals surface area contributed by atoms with Crippen molar-refractivity contribution >= 4 is 11.6 Å². The minimum atomic E-state index is -4.58. The predicted octanol–water partition coefficient (Wildman–Crippen LogP) is 3.93. The molecule has 0 aliphatic rings. The summed E-state index contributed by atoms with van der Waals surface area (Å²) in [6, 6.07) is 8.07. The number of nitriles is 1. The van der Waals surface area contributed by atoms with Gasteiger partial charge in [0.2, 0.25) is 0 Å². The Hall–Kier alpha value is -2.92. The highest BCUT2D eigenvalue weighted by molar-refractivity contribution is 6.30. The second kappa shape index (κ2) is 6.53. The molecule has 0 saturated heterocycles. The Labute approximate surface area is 145 Å². The average molecular weight is 364 g/mol. The molecule has 1 aromatic carbocycles. The average Bonchev–Trinajstić information content (AvgIpc) is 3.01. The van der Waals surface area contributed by atoms with E-state index in [9.17, 15) is 13.2 Å². The van der Waals surface area contributed by atoms with E-state index in [0.29, 0.717) is 22.0 Å². The lowest BCUT2D eigenvalue weighted by atomic mass is 10.1. The summed E-state index contributed by atoms with van der Waals surface area (Å²) in [5.41, 5.74) is -0.164. The number of halogens is 4. The summed E-state index contributed by atoms with van der Waals surface area (Å²) in [6.07, 6.45) is -0.932. The molecule has 9 heteroatoms. The van der Waals surface area contributed by atoms with Crippen LogP contribution in [0.15, 0.2) is 42.9 Å². The van der Waals surface area contributed by atoms with Crippen LogP contribution in [0.25, 0.3) is 11.4 Å². The second-order valence-corrected chi connectivity index (χ2v) is 5.52. The van der Waals surface area contributed by atoms with Gasteiger partial charge in [0.25, 0.3) is 0 Å². The monoisotopic (exact) mass is 363 g/mol. The number of rotatable bonds is 3. The largest absolute Gasteiger partial charge is 0.434 e. The summed E-state index contributed by atoms with van der Waals surface area (Å²) in [7, 11) is 0. The van der Waals surface area contributed by atoms with E-state index in [1.165, 1.54) is 29.1 Å². The summed E-state index contributed by atoms with van der Waals surface area (Å²) in [6.45, 7) is -0.00438. The fraction of sp³-hybridized carbons (Fsp3) is 0.125. The van der Waals surface area contributed by atoms with E-state index in [1.54, 1.807) is 12.1 Å². The van der Waals surface area contributed by atoms with Crippen molar-refractivity contribution in [1.82, 2.24) is 19.5 Å². The molecular formula is C16H9ClF3N5. The molecule has 0 N–H and O–H groups in total. The van der Waals surface area contributed by atoms with Crippen molar-refractivity contribution in [2.45, 2.75) is 12.7 Å². The van der Waals surface area contributed by atoms with Crippen molar-refractivity contribution in [2.24, 2.45) is 0 Å². The van der Waals surface area contributed by atoms with Crippen molar-refractivity contribution in [2.75, 3.05) is 0 Å². The van der Waals surface area contributed by atoms with Gasteiger partial charge >= 0.3 is 6.18 Å². The van der Waals surface area contributed by atoms with Crippen LogP contribution in [-0.2, 0) is 12.7 Å². The Morgan fingerprint density at radius 1 is 1.12 bits per heavy atom. The molecule has 0 amide bonds. The zero-order chi connectivity index (χ0) is 18.0. The highest BCUT2D eigenvalue weighted by Crippen LogP contribution is 2.31. The maximum Gasteiger partial charge on any atom is 0.434 e. The molecule has 0 aliphatic carbocycles. The van der Waals surface area contributed by atoms with Gasteiger partial charge in [-0.05, 0) is 24.3 Å². The van der Waals surface area contributed by atoms with E-state index in [1.807, 2.05) is 6.07 Å². The van der Waals surface area contributed by atoms with Crippen molar-refractivity contribution in [3.63, 3.8) is 0 Å². The zero-order valence-corrected chi connectivity index (χ0v) is 13.3. The summed E-state index contributed by atoms with van der Waals surface area (Å²) < 4.78 is 40.4. The molecule has 126 valence electrons. The number of imidazole rings is 1. The van der Waals surface area contributed by atoms with Crippen LogP contribution in [0.5, 0.6) is 0 Å². The van der Waals surface area contributed by atoms with Gasteiger partial charge in [0, 0.05) is 24.2 Å². The molecule has 3 aromatic rings. The summed E-state index contributed by atoms with van der Waals surface area (Å²) in [4.78, 5) is 11.7. The maximum atomic E-state index is 13.0. The van der Waals surface area contributed by atoms with Crippen LogP contribution in [0.4, 0.5) is 13.2 Å².